The summed E-state index contributed by atoms with van der Waals surface area (Å²) in [7, 11) is -3.71. The van der Waals surface area contributed by atoms with Crippen molar-refractivity contribution in [2.24, 2.45) is 0 Å². The number of benzene rings is 2. The molecule has 1 aliphatic heterocycles. The maximum Gasteiger partial charge on any atom is 0.416 e. The van der Waals surface area contributed by atoms with Crippen molar-refractivity contribution >= 4 is 21.2 Å². The SMILES string of the molecule is Cc1ccc(S(=O)(=O)c2ncc(CN3CCc4nc(-c5ccc(C(F)(F)F)cc5)[nH]c(=O)c4C3)s2)cc1. The summed E-state index contributed by atoms with van der Waals surface area (Å²) in [5.41, 5.74) is 1.31. The summed E-state index contributed by atoms with van der Waals surface area (Å²) >= 11 is 1.10. The number of hydrogen-bond donors (Lipinski definition) is 1. The molecular weight excluding hydrogens is 525 g/mol. The first-order valence-electron chi connectivity index (χ1n) is 11.3. The normalized spacial score (nSPS) is 14.5. The number of halogens is 3. The fourth-order valence-corrected chi connectivity index (χ4v) is 6.71. The highest BCUT2D eigenvalue weighted by molar-refractivity contribution is 7.93. The maximum atomic E-state index is 12.9. The number of sulfone groups is 1. The van der Waals surface area contributed by atoms with Gasteiger partial charge < -0.3 is 4.98 Å². The van der Waals surface area contributed by atoms with Crippen LogP contribution in [-0.2, 0) is 35.5 Å². The van der Waals surface area contributed by atoms with Gasteiger partial charge >= 0.3 is 6.18 Å². The summed E-state index contributed by atoms with van der Waals surface area (Å²) in [5, 5.41) is 0. The second-order valence-electron chi connectivity index (χ2n) is 8.78. The van der Waals surface area contributed by atoms with Gasteiger partial charge in [0.1, 0.15) is 5.82 Å². The van der Waals surface area contributed by atoms with Crippen LogP contribution in [0.15, 0.2) is 68.8 Å². The molecule has 0 bridgehead atoms. The molecule has 3 heterocycles. The molecule has 37 heavy (non-hydrogen) atoms. The monoisotopic (exact) mass is 546 g/mol. The van der Waals surface area contributed by atoms with Gasteiger partial charge in [0.25, 0.3) is 5.56 Å². The average Bonchev–Trinajstić information content (AvgIpc) is 3.33. The number of aromatic nitrogens is 3. The summed E-state index contributed by atoms with van der Waals surface area (Å²) in [6, 6.07) is 11.1. The number of alkyl halides is 3. The maximum absolute atomic E-state index is 12.9. The molecule has 2 aromatic heterocycles. The third-order valence-electron chi connectivity index (χ3n) is 6.11. The lowest BCUT2D eigenvalue weighted by molar-refractivity contribution is -0.137. The van der Waals surface area contributed by atoms with Crippen molar-refractivity contribution in [3.05, 3.63) is 92.3 Å². The molecule has 0 aliphatic carbocycles. The van der Waals surface area contributed by atoms with Gasteiger partial charge in [0.05, 0.1) is 21.7 Å². The summed E-state index contributed by atoms with van der Waals surface area (Å²) in [4.78, 5) is 27.1. The zero-order chi connectivity index (χ0) is 26.4. The van der Waals surface area contributed by atoms with Crippen molar-refractivity contribution in [3.8, 4) is 11.4 Å². The molecule has 0 unspecified atom stereocenters. The Bertz CT molecular complexity index is 1610. The Morgan fingerprint density at radius 1 is 1.08 bits per heavy atom. The van der Waals surface area contributed by atoms with Crippen LogP contribution in [0.25, 0.3) is 11.4 Å². The largest absolute Gasteiger partial charge is 0.416 e. The molecule has 1 aliphatic rings. The van der Waals surface area contributed by atoms with Crippen LogP contribution < -0.4 is 5.56 Å². The first-order valence-corrected chi connectivity index (χ1v) is 13.6. The summed E-state index contributed by atoms with van der Waals surface area (Å²) < 4.78 is 64.3. The molecule has 0 amide bonds. The highest BCUT2D eigenvalue weighted by Gasteiger charge is 2.30. The van der Waals surface area contributed by atoms with Crippen LogP contribution in [0.5, 0.6) is 0 Å². The number of H-pyrrole nitrogens is 1. The van der Waals surface area contributed by atoms with Gasteiger partial charge in [-0.1, -0.05) is 29.8 Å². The quantitative estimate of drug-likeness (QED) is 0.393. The van der Waals surface area contributed by atoms with Gasteiger partial charge in [-0.15, -0.1) is 11.3 Å². The third-order valence-corrected chi connectivity index (χ3v) is 9.25. The molecule has 12 heteroatoms. The van der Waals surface area contributed by atoms with Crippen molar-refractivity contribution in [2.45, 2.75) is 41.8 Å². The smallest absolute Gasteiger partial charge is 0.306 e. The van der Waals surface area contributed by atoms with E-state index in [-0.39, 0.29) is 20.6 Å². The lowest BCUT2D eigenvalue weighted by Gasteiger charge is -2.27. The van der Waals surface area contributed by atoms with E-state index >= 15 is 0 Å². The zero-order valence-electron chi connectivity index (χ0n) is 19.5. The Morgan fingerprint density at radius 2 is 1.78 bits per heavy atom. The second-order valence-corrected chi connectivity index (χ2v) is 12.0. The highest BCUT2D eigenvalue weighted by Crippen LogP contribution is 2.31. The molecule has 0 fully saturated rings. The van der Waals surface area contributed by atoms with Crippen molar-refractivity contribution in [1.82, 2.24) is 19.9 Å². The Kier molecular flexibility index (Phi) is 6.50. The van der Waals surface area contributed by atoms with Crippen molar-refractivity contribution < 1.29 is 21.6 Å². The van der Waals surface area contributed by atoms with E-state index in [1.807, 2.05) is 11.8 Å². The van der Waals surface area contributed by atoms with Gasteiger partial charge in [0.2, 0.25) is 14.2 Å². The molecule has 0 saturated carbocycles. The van der Waals surface area contributed by atoms with Crippen LogP contribution in [-0.4, -0.2) is 34.8 Å². The van der Waals surface area contributed by atoms with Gasteiger partial charge in [-0.2, -0.15) is 13.2 Å². The van der Waals surface area contributed by atoms with Gasteiger partial charge in [0.15, 0.2) is 0 Å². The highest BCUT2D eigenvalue weighted by atomic mass is 32.2. The Balaban J connectivity index is 1.31. The van der Waals surface area contributed by atoms with Gasteiger partial charge in [-0.25, -0.2) is 18.4 Å². The average molecular weight is 547 g/mol. The fourth-order valence-electron chi connectivity index (χ4n) is 4.10. The van der Waals surface area contributed by atoms with E-state index in [1.165, 1.54) is 18.3 Å². The molecule has 4 aromatic rings. The minimum absolute atomic E-state index is 0.0180. The van der Waals surface area contributed by atoms with E-state index in [2.05, 4.69) is 15.0 Å². The Morgan fingerprint density at radius 3 is 2.46 bits per heavy atom. The third kappa shape index (κ3) is 5.22. The number of nitrogens with one attached hydrogen (secondary N) is 1. The first kappa shape index (κ1) is 25.3. The molecule has 5 rings (SSSR count). The number of aryl methyl sites for hydroxylation is 1. The lowest BCUT2D eigenvalue weighted by Crippen LogP contribution is -2.35. The second kappa shape index (κ2) is 9.51. The number of hydrogen-bond acceptors (Lipinski definition) is 7. The predicted molar refractivity (Wildman–Crippen MR) is 132 cm³/mol. The number of nitrogens with zero attached hydrogens (tertiary/aromatic N) is 3. The minimum Gasteiger partial charge on any atom is -0.306 e. The Hall–Kier alpha value is -3.35. The summed E-state index contributed by atoms with van der Waals surface area (Å²) in [5.74, 6) is 0.222. The van der Waals surface area contributed by atoms with E-state index < -0.39 is 21.6 Å². The van der Waals surface area contributed by atoms with Crippen LogP contribution in [0.2, 0.25) is 0 Å². The van der Waals surface area contributed by atoms with E-state index in [9.17, 15) is 26.4 Å². The Labute approximate surface area is 214 Å². The summed E-state index contributed by atoms with van der Waals surface area (Å²) in [6.45, 7) is 3.18. The zero-order valence-corrected chi connectivity index (χ0v) is 21.2. The topological polar surface area (TPSA) is 96.0 Å². The van der Waals surface area contributed by atoms with E-state index in [4.69, 9.17) is 0 Å². The van der Waals surface area contributed by atoms with Crippen LogP contribution in [0, 0.1) is 6.92 Å². The molecule has 7 nitrogen and oxygen atoms in total. The number of fused-ring (bicyclic) bond motifs is 1. The van der Waals surface area contributed by atoms with Crippen LogP contribution >= 0.6 is 11.3 Å². The van der Waals surface area contributed by atoms with Crippen LogP contribution in [0.3, 0.4) is 0 Å². The summed E-state index contributed by atoms with van der Waals surface area (Å²) in [6.07, 6.45) is -2.43. The first-order chi connectivity index (χ1) is 17.5. The van der Waals surface area contributed by atoms with Gasteiger partial charge in [0, 0.05) is 42.7 Å². The predicted octanol–water partition coefficient (Wildman–Crippen LogP) is 4.61. The van der Waals surface area contributed by atoms with Gasteiger partial charge in [-0.05, 0) is 31.2 Å². The van der Waals surface area contributed by atoms with Crippen molar-refractivity contribution in [1.29, 1.82) is 0 Å². The van der Waals surface area contributed by atoms with Crippen LogP contribution in [0.1, 0.15) is 27.3 Å². The lowest BCUT2D eigenvalue weighted by atomic mass is 10.1. The molecule has 0 saturated heterocycles. The molecule has 0 radical (unpaired) electrons. The molecule has 192 valence electrons. The standard InChI is InChI=1S/C25H21F3N4O3S2/c1-15-2-8-19(9-3-15)37(34,35)24-29-12-18(36-24)13-32-11-10-21-20(14-32)23(33)31-22(30-21)16-4-6-17(7-5-16)25(26,27)28/h2-9,12H,10-11,13-14H2,1H3,(H,30,31,33). The van der Waals surface area contributed by atoms with Crippen LogP contribution in [0.4, 0.5) is 13.2 Å². The van der Waals surface area contributed by atoms with Crippen molar-refractivity contribution in [3.63, 3.8) is 0 Å². The number of thiazole rings is 1. The van der Waals surface area contributed by atoms with Crippen molar-refractivity contribution in [2.75, 3.05) is 6.54 Å². The molecule has 0 spiro atoms. The number of rotatable bonds is 5. The fraction of sp³-hybridized carbons (Fsp3) is 0.240. The van der Waals surface area contributed by atoms with E-state index in [0.29, 0.717) is 42.9 Å². The van der Waals surface area contributed by atoms with E-state index in [0.717, 1.165) is 33.9 Å². The van der Waals surface area contributed by atoms with Gasteiger partial charge in [-0.3, -0.25) is 9.69 Å². The minimum atomic E-state index is -4.44. The number of aromatic amines is 1. The molecular formula is C25H21F3N4O3S2. The molecule has 0 atom stereocenters. The molecule has 2 aromatic carbocycles. The van der Waals surface area contributed by atoms with E-state index in [1.54, 1.807) is 24.3 Å². The molecule has 1 N–H and O–H groups in total.